The number of piperidine rings is 1. The number of fused-ring (bicyclic) bond motifs is 1. The number of rotatable bonds is 5. The van der Waals surface area contributed by atoms with Crippen molar-refractivity contribution in [3.63, 3.8) is 0 Å². The zero-order chi connectivity index (χ0) is 20.5. The Balaban J connectivity index is 1.37. The normalized spacial score (nSPS) is 15.6. The predicted octanol–water partition coefficient (Wildman–Crippen LogP) is 4.53. The van der Waals surface area contributed by atoms with Gasteiger partial charge in [-0.1, -0.05) is 12.1 Å². The van der Waals surface area contributed by atoms with Crippen LogP contribution in [-0.4, -0.2) is 43.7 Å². The second-order valence-electron chi connectivity index (χ2n) is 7.55. The fourth-order valence-electron chi connectivity index (χ4n) is 3.93. The number of phenolic OH excluding ortho intramolecular Hbond substituents is 1. The van der Waals surface area contributed by atoms with E-state index < -0.39 is 0 Å². The van der Waals surface area contributed by atoms with Gasteiger partial charge in [-0.25, -0.2) is 4.98 Å². The molecule has 8 heteroatoms. The highest BCUT2D eigenvalue weighted by molar-refractivity contribution is 9.10. The smallest absolute Gasteiger partial charge is 0.172 e. The molecular formula is C22H22BrN5O2. The number of hydrogen-bond acceptors (Lipinski definition) is 6. The molecule has 1 aliphatic rings. The van der Waals surface area contributed by atoms with E-state index in [2.05, 4.69) is 31.2 Å². The number of furan rings is 1. The summed E-state index contributed by atoms with van der Waals surface area (Å²) in [6.45, 7) is 2.85. The molecule has 4 heterocycles. The molecule has 1 aliphatic heterocycles. The van der Waals surface area contributed by atoms with E-state index in [-0.39, 0.29) is 5.75 Å². The van der Waals surface area contributed by atoms with Crippen LogP contribution in [0.15, 0.2) is 63.8 Å². The standard InChI is InChI=1S/C22H22BrN5O2/c23-18-13-24-28-21(12-19(26-22(18)28)17-5-1-2-6-20(17)29)25-15-7-9-27(10-8-15)14-16-4-3-11-30-16/h1-6,11-13,15,25,29H,7-10,14H2. The van der Waals surface area contributed by atoms with Crippen LogP contribution in [0.3, 0.4) is 0 Å². The minimum atomic E-state index is 0.210. The van der Waals surface area contributed by atoms with E-state index in [0.717, 1.165) is 48.5 Å². The first-order valence-electron chi connectivity index (χ1n) is 10.0. The number of aromatic nitrogens is 3. The van der Waals surface area contributed by atoms with Gasteiger partial charge in [-0.2, -0.15) is 9.61 Å². The molecule has 1 aromatic carbocycles. The van der Waals surface area contributed by atoms with Crippen LogP contribution >= 0.6 is 15.9 Å². The van der Waals surface area contributed by atoms with Gasteiger partial charge in [0, 0.05) is 30.8 Å². The average Bonchev–Trinajstić information content (AvgIpc) is 3.40. The van der Waals surface area contributed by atoms with E-state index in [4.69, 9.17) is 9.40 Å². The molecule has 5 rings (SSSR count). The Labute approximate surface area is 182 Å². The molecule has 0 bridgehead atoms. The maximum atomic E-state index is 10.3. The minimum Gasteiger partial charge on any atom is -0.507 e. The molecule has 0 aliphatic carbocycles. The van der Waals surface area contributed by atoms with E-state index in [1.54, 1.807) is 18.5 Å². The Morgan fingerprint density at radius 1 is 1.17 bits per heavy atom. The number of phenols is 1. The van der Waals surface area contributed by atoms with Crippen molar-refractivity contribution in [1.29, 1.82) is 0 Å². The van der Waals surface area contributed by atoms with E-state index in [1.807, 2.05) is 40.9 Å². The number of hydrogen-bond donors (Lipinski definition) is 2. The summed E-state index contributed by atoms with van der Waals surface area (Å²) in [7, 11) is 0. The number of para-hydroxylation sites is 1. The number of benzene rings is 1. The summed E-state index contributed by atoms with van der Waals surface area (Å²) in [6.07, 6.45) is 5.52. The SMILES string of the molecule is Oc1ccccc1-c1cc(NC2CCN(Cc3ccco3)CC2)n2ncc(Br)c2n1. The van der Waals surface area contributed by atoms with Crippen molar-refractivity contribution < 1.29 is 9.52 Å². The van der Waals surface area contributed by atoms with Crippen molar-refractivity contribution in [3.05, 3.63) is 65.2 Å². The van der Waals surface area contributed by atoms with Crippen LogP contribution in [0.5, 0.6) is 5.75 Å². The lowest BCUT2D eigenvalue weighted by atomic mass is 10.0. The molecule has 30 heavy (non-hydrogen) atoms. The molecular weight excluding hydrogens is 446 g/mol. The zero-order valence-corrected chi connectivity index (χ0v) is 17.9. The lowest BCUT2D eigenvalue weighted by Gasteiger charge is -2.32. The predicted molar refractivity (Wildman–Crippen MR) is 118 cm³/mol. The first kappa shape index (κ1) is 19.1. The number of nitrogens with one attached hydrogen (secondary N) is 1. The molecule has 0 spiro atoms. The van der Waals surface area contributed by atoms with Crippen molar-refractivity contribution in [2.75, 3.05) is 18.4 Å². The molecule has 2 N–H and O–H groups in total. The van der Waals surface area contributed by atoms with Gasteiger partial charge in [-0.3, -0.25) is 4.90 Å². The van der Waals surface area contributed by atoms with Crippen molar-refractivity contribution >= 4 is 27.4 Å². The monoisotopic (exact) mass is 467 g/mol. The zero-order valence-electron chi connectivity index (χ0n) is 16.3. The number of nitrogens with zero attached hydrogens (tertiary/aromatic N) is 4. The Hall–Kier alpha value is -2.84. The second kappa shape index (κ2) is 8.12. The number of halogens is 1. The Morgan fingerprint density at radius 3 is 2.77 bits per heavy atom. The average molecular weight is 468 g/mol. The molecule has 154 valence electrons. The quantitative estimate of drug-likeness (QED) is 0.448. The number of likely N-dealkylation sites (tertiary alicyclic amines) is 1. The fourth-order valence-corrected chi connectivity index (χ4v) is 4.28. The van der Waals surface area contributed by atoms with Crippen LogP contribution in [-0.2, 0) is 6.54 Å². The first-order valence-corrected chi connectivity index (χ1v) is 10.8. The van der Waals surface area contributed by atoms with Gasteiger partial charge in [0.2, 0.25) is 0 Å². The summed E-state index contributed by atoms with van der Waals surface area (Å²) in [4.78, 5) is 7.12. The molecule has 0 saturated carbocycles. The summed E-state index contributed by atoms with van der Waals surface area (Å²) in [5.74, 6) is 2.08. The molecule has 0 radical (unpaired) electrons. The molecule has 7 nitrogen and oxygen atoms in total. The van der Waals surface area contributed by atoms with Crippen LogP contribution < -0.4 is 5.32 Å². The maximum Gasteiger partial charge on any atom is 0.172 e. The van der Waals surface area contributed by atoms with Gasteiger partial charge in [-0.05, 0) is 53.0 Å². The molecule has 4 aromatic rings. The highest BCUT2D eigenvalue weighted by Crippen LogP contribution is 2.31. The van der Waals surface area contributed by atoms with Crippen molar-refractivity contribution in [1.82, 2.24) is 19.5 Å². The fraction of sp³-hybridized carbons (Fsp3) is 0.273. The van der Waals surface area contributed by atoms with Gasteiger partial charge >= 0.3 is 0 Å². The minimum absolute atomic E-state index is 0.210. The highest BCUT2D eigenvalue weighted by Gasteiger charge is 2.22. The molecule has 1 saturated heterocycles. The number of aromatic hydroxyl groups is 1. The Kier molecular flexibility index (Phi) is 5.18. The van der Waals surface area contributed by atoms with Crippen molar-refractivity contribution in [2.24, 2.45) is 0 Å². The third-order valence-corrected chi connectivity index (χ3v) is 6.07. The van der Waals surface area contributed by atoms with Crippen LogP contribution in [0.2, 0.25) is 0 Å². The molecule has 0 amide bonds. The van der Waals surface area contributed by atoms with Gasteiger partial charge in [-0.15, -0.1) is 0 Å². The Bertz CT molecular complexity index is 1150. The van der Waals surface area contributed by atoms with Gasteiger partial charge in [0.05, 0.1) is 29.2 Å². The van der Waals surface area contributed by atoms with Crippen LogP contribution in [0, 0.1) is 0 Å². The largest absolute Gasteiger partial charge is 0.507 e. The maximum absolute atomic E-state index is 10.3. The van der Waals surface area contributed by atoms with Gasteiger partial charge in [0.1, 0.15) is 17.3 Å². The van der Waals surface area contributed by atoms with E-state index in [9.17, 15) is 5.11 Å². The van der Waals surface area contributed by atoms with E-state index >= 15 is 0 Å². The second-order valence-corrected chi connectivity index (χ2v) is 8.40. The first-order chi connectivity index (χ1) is 14.7. The molecule has 3 aromatic heterocycles. The third kappa shape index (κ3) is 3.80. The number of anilines is 1. The van der Waals surface area contributed by atoms with E-state index in [1.165, 1.54) is 0 Å². The summed E-state index contributed by atoms with van der Waals surface area (Å²) in [6, 6.07) is 13.5. The molecule has 1 fully saturated rings. The van der Waals surface area contributed by atoms with Crippen molar-refractivity contribution in [3.8, 4) is 17.0 Å². The summed E-state index contributed by atoms with van der Waals surface area (Å²) in [5.41, 5.74) is 2.12. The van der Waals surface area contributed by atoms with Crippen LogP contribution in [0.4, 0.5) is 5.82 Å². The lowest BCUT2D eigenvalue weighted by molar-refractivity contribution is 0.196. The summed E-state index contributed by atoms with van der Waals surface area (Å²) in [5, 5.41) is 18.4. The van der Waals surface area contributed by atoms with Crippen LogP contribution in [0.1, 0.15) is 18.6 Å². The highest BCUT2D eigenvalue weighted by atomic mass is 79.9. The summed E-state index contributed by atoms with van der Waals surface area (Å²) >= 11 is 3.54. The summed E-state index contributed by atoms with van der Waals surface area (Å²) < 4.78 is 8.10. The topological polar surface area (TPSA) is 78.8 Å². The molecule has 0 atom stereocenters. The molecule has 0 unspecified atom stereocenters. The third-order valence-electron chi connectivity index (χ3n) is 5.51. The van der Waals surface area contributed by atoms with Crippen LogP contribution in [0.25, 0.3) is 16.9 Å². The van der Waals surface area contributed by atoms with Gasteiger partial charge < -0.3 is 14.8 Å². The Morgan fingerprint density at radius 2 is 2.00 bits per heavy atom. The van der Waals surface area contributed by atoms with Gasteiger partial charge in [0.15, 0.2) is 5.65 Å². The lowest BCUT2D eigenvalue weighted by Crippen LogP contribution is -2.38. The van der Waals surface area contributed by atoms with Crippen molar-refractivity contribution in [2.45, 2.75) is 25.4 Å². The van der Waals surface area contributed by atoms with Gasteiger partial charge in [0.25, 0.3) is 0 Å². The van der Waals surface area contributed by atoms with E-state index in [0.29, 0.717) is 22.9 Å².